The van der Waals surface area contributed by atoms with Crippen molar-refractivity contribution in [2.45, 2.75) is 13.3 Å². The lowest BCUT2D eigenvalue weighted by Crippen LogP contribution is -2.25. The molecule has 0 radical (unpaired) electrons. The van der Waals surface area contributed by atoms with E-state index in [0.29, 0.717) is 34.9 Å². The summed E-state index contributed by atoms with van der Waals surface area (Å²) in [5.74, 6) is 1.83. The number of rotatable bonds is 7. The number of benzene rings is 2. The van der Waals surface area contributed by atoms with Gasteiger partial charge in [-0.05, 0) is 49.6 Å². The molecule has 1 fully saturated rings. The Kier molecular flexibility index (Phi) is 6.87. The number of nitrogens with zero attached hydrogens (tertiary/aromatic N) is 3. The molecule has 8 heteroatoms. The average molecular weight is 452 g/mol. The lowest BCUT2D eigenvalue weighted by molar-refractivity contribution is -0.118. The number of aryl methyl sites for hydroxylation is 1. The number of hydrogen-bond donors (Lipinski definition) is 2. The van der Waals surface area contributed by atoms with E-state index in [4.69, 9.17) is 27.1 Å². The monoisotopic (exact) mass is 451 g/mol. The van der Waals surface area contributed by atoms with Gasteiger partial charge in [0.25, 0.3) is 5.91 Å². The van der Waals surface area contributed by atoms with E-state index in [1.165, 1.54) is 0 Å². The first-order valence-corrected chi connectivity index (χ1v) is 11.0. The number of nitrogens with two attached hydrogens (primary N) is 1. The van der Waals surface area contributed by atoms with Gasteiger partial charge in [0.05, 0.1) is 6.20 Å². The number of hydrogen-bond acceptors (Lipinski definition) is 6. The van der Waals surface area contributed by atoms with Crippen molar-refractivity contribution in [2.24, 2.45) is 11.7 Å². The van der Waals surface area contributed by atoms with Crippen LogP contribution < -0.4 is 20.7 Å². The minimum absolute atomic E-state index is 0.144. The molecule has 1 atom stereocenters. The Morgan fingerprint density at radius 1 is 1.28 bits per heavy atom. The molecule has 1 saturated heterocycles. The van der Waals surface area contributed by atoms with Gasteiger partial charge in [0.1, 0.15) is 0 Å². The summed E-state index contributed by atoms with van der Waals surface area (Å²) in [5, 5.41) is 3.48. The molecule has 2 heterocycles. The van der Waals surface area contributed by atoms with E-state index < -0.39 is 0 Å². The van der Waals surface area contributed by atoms with Crippen molar-refractivity contribution in [1.82, 2.24) is 9.97 Å². The molecule has 1 aromatic heterocycles. The Balaban J connectivity index is 1.56. The lowest BCUT2D eigenvalue weighted by Gasteiger charge is -2.21. The van der Waals surface area contributed by atoms with E-state index in [-0.39, 0.29) is 12.5 Å². The molecular weight excluding hydrogens is 426 g/mol. The van der Waals surface area contributed by atoms with Gasteiger partial charge in [0.15, 0.2) is 24.0 Å². The third-order valence-electron chi connectivity index (χ3n) is 5.50. The van der Waals surface area contributed by atoms with Crippen LogP contribution in [0.15, 0.2) is 54.7 Å². The van der Waals surface area contributed by atoms with Crippen molar-refractivity contribution in [2.75, 3.05) is 36.5 Å². The minimum Gasteiger partial charge on any atom is -0.478 e. The number of anilines is 2. The summed E-state index contributed by atoms with van der Waals surface area (Å²) in [6.07, 6.45) is 2.61. The maximum Gasteiger partial charge on any atom is 0.262 e. The summed E-state index contributed by atoms with van der Waals surface area (Å²) >= 11 is 6.30. The quantitative estimate of drug-likeness (QED) is 0.565. The van der Waals surface area contributed by atoms with E-state index in [0.717, 1.165) is 36.3 Å². The van der Waals surface area contributed by atoms with Crippen molar-refractivity contribution in [3.05, 3.63) is 65.3 Å². The van der Waals surface area contributed by atoms with Gasteiger partial charge in [0, 0.05) is 29.4 Å². The van der Waals surface area contributed by atoms with Gasteiger partial charge in [0.2, 0.25) is 0 Å². The van der Waals surface area contributed by atoms with Crippen LogP contribution >= 0.6 is 11.6 Å². The first-order valence-electron chi connectivity index (χ1n) is 10.6. The lowest BCUT2D eigenvalue weighted by atomic mass is 10.1. The van der Waals surface area contributed by atoms with Gasteiger partial charge in [-0.25, -0.2) is 9.97 Å². The third-order valence-corrected chi connectivity index (χ3v) is 5.91. The van der Waals surface area contributed by atoms with Crippen LogP contribution in [-0.4, -0.2) is 42.1 Å². The number of amides is 1. The summed E-state index contributed by atoms with van der Waals surface area (Å²) in [5.41, 5.74) is 8.41. The predicted molar refractivity (Wildman–Crippen MR) is 127 cm³/mol. The average Bonchev–Trinajstić information content (AvgIpc) is 3.29. The first kappa shape index (κ1) is 22.0. The van der Waals surface area contributed by atoms with E-state index in [2.05, 4.69) is 15.2 Å². The smallest absolute Gasteiger partial charge is 0.262 e. The second kappa shape index (κ2) is 9.97. The summed E-state index contributed by atoms with van der Waals surface area (Å²) < 4.78 is 5.85. The fourth-order valence-electron chi connectivity index (χ4n) is 3.64. The zero-order valence-corrected chi connectivity index (χ0v) is 18.7. The van der Waals surface area contributed by atoms with Crippen molar-refractivity contribution < 1.29 is 9.53 Å². The molecule has 0 spiro atoms. The fraction of sp³-hybridized carbons (Fsp3) is 0.292. The van der Waals surface area contributed by atoms with Gasteiger partial charge in [-0.15, -0.1) is 0 Å². The second-order valence-electron chi connectivity index (χ2n) is 7.88. The summed E-state index contributed by atoms with van der Waals surface area (Å²) in [4.78, 5) is 23.8. The molecule has 0 saturated carbocycles. The molecule has 1 aliphatic rings. The van der Waals surface area contributed by atoms with Crippen LogP contribution in [0.3, 0.4) is 0 Å². The standard InChI is InChI=1S/C24H26ClN5O2/c1-16-7-8-18(11-20(16)25)23-27-13-21(24(29-23)30-10-9-17(12-26)14-30)32-15-22(31)28-19-5-3-2-4-6-19/h2-8,11,13,17H,9-10,12,14-15,26H2,1H3,(H,28,31). The molecule has 1 amide bonds. The van der Waals surface area contributed by atoms with Gasteiger partial charge in [-0.2, -0.15) is 0 Å². The van der Waals surface area contributed by atoms with E-state index in [1.807, 2.05) is 55.5 Å². The fourth-order valence-corrected chi connectivity index (χ4v) is 3.82. The Morgan fingerprint density at radius 2 is 2.09 bits per heavy atom. The van der Waals surface area contributed by atoms with Gasteiger partial charge >= 0.3 is 0 Å². The maximum atomic E-state index is 12.4. The Morgan fingerprint density at radius 3 is 2.81 bits per heavy atom. The molecule has 2 aromatic carbocycles. The molecule has 1 aliphatic heterocycles. The van der Waals surface area contributed by atoms with Crippen LogP contribution in [0.5, 0.6) is 5.75 Å². The van der Waals surface area contributed by atoms with Gasteiger partial charge in [-0.1, -0.05) is 41.9 Å². The number of nitrogens with one attached hydrogen (secondary N) is 1. The van der Waals surface area contributed by atoms with Gasteiger partial charge < -0.3 is 20.7 Å². The highest BCUT2D eigenvalue weighted by Crippen LogP contribution is 2.32. The number of carbonyl (C=O) groups is 1. The van der Waals surface area contributed by atoms with Crippen LogP contribution in [0.25, 0.3) is 11.4 Å². The van der Waals surface area contributed by atoms with Crippen LogP contribution in [-0.2, 0) is 4.79 Å². The zero-order valence-electron chi connectivity index (χ0n) is 17.9. The first-order chi connectivity index (χ1) is 15.5. The Bertz CT molecular complexity index is 1090. The predicted octanol–water partition coefficient (Wildman–Crippen LogP) is 3.91. The molecule has 1 unspecified atom stereocenters. The van der Waals surface area contributed by atoms with Crippen LogP contribution in [0, 0.1) is 12.8 Å². The molecule has 3 N–H and O–H groups in total. The highest BCUT2D eigenvalue weighted by Gasteiger charge is 2.26. The molecule has 32 heavy (non-hydrogen) atoms. The summed E-state index contributed by atoms with van der Waals surface area (Å²) in [6, 6.07) is 15.0. The number of para-hydroxylation sites is 1. The molecule has 3 aromatic rings. The number of ether oxygens (including phenoxy) is 1. The van der Waals surface area contributed by atoms with E-state index in [1.54, 1.807) is 6.20 Å². The molecule has 4 rings (SSSR count). The highest BCUT2D eigenvalue weighted by molar-refractivity contribution is 6.31. The van der Waals surface area contributed by atoms with Crippen molar-refractivity contribution in [3.8, 4) is 17.1 Å². The SMILES string of the molecule is Cc1ccc(-c2ncc(OCC(=O)Nc3ccccc3)c(N3CCC(CN)C3)n2)cc1Cl. The number of aromatic nitrogens is 2. The van der Waals surface area contributed by atoms with E-state index in [9.17, 15) is 4.79 Å². The van der Waals surface area contributed by atoms with Crippen LogP contribution in [0.2, 0.25) is 5.02 Å². The van der Waals surface area contributed by atoms with Crippen molar-refractivity contribution >= 4 is 29.0 Å². The molecular formula is C24H26ClN5O2. The molecule has 7 nitrogen and oxygen atoms in total. The Labute approximate surface area is 192 Å². The second-order valence-corrected chi connectivity index (χ2v) is 8.29. The maximum absolute atomic E-state index is 12.4. The third kappa shape index (κ3) is 5.18. The minimum atomic E-state index is -0.252. The van der Waals surface area contributed by atoms with Crippen molar-refractivity contribution in [1.29, 1.82) is 0 Å². The summed E-state index contributed by atoms with van der Waals surface area (Å²) in [6.45, 7) is 4.04. The van der Waals surface area contributed by atoms with Crippen LogP contribution in [0.4, 0.5) is 11.5 Å². The topological polar surface area (TPSA) is 93.4 Å². The summed E-state index contributed by atoms with van der Waals surface area (Å²) in [7, 11) is 0. The van der Waals surface area contributed by atoms with Crippen LogP contribution in [0.1, 0.15) is 12.0 Å². The number of carbonyl (C=O) groups excluding carboxylic acids is 1. The molecule has 166 valence electrons. The highest BCUT2D eigenvalue weighted by atomic mass is 35.5. The number of halogens is 1. The normalized spacial score (nSPS) is 15.6. The molecule has 0 bridgehead atoms. The molecule has 0 aliphatic carbocycles. The van der Waals surface area contributed by atoms with E-state index >= 15 is 0 Å². The zero-order chi connectivity index (χ0) is 22.5. The largest absolute Gasteiger partial charge is 0.478 e. The van der Waals surface area contributed by atoms with Gasteiger partial charge in [-0.3, -0.25) is 4.79 Å². The van der Waals surface area contributed by atoms with Crippen molar-refractivity contribution in [3.63, 3.8) is 0 Å². The Hall–Kier alpha value is -3.16.